The van der Waals surface area contributed by atoms with E-state index in [4.69, 9.17) is 0 Å². The van der Waals surface area contributed by atoms with Gasteiger partial charge in [-0.2, -0.15) is 0 Å². The fourth-order valence-electron chi connectivity index (χ4n) is 5.65. The third kappa shape index (κ3) is 8.95. The summed E-state index contributed by atoms with van der Waals surface area (Å²) >= 11 is 0. The summed E-state index contributed by atoms with van der Waals surface area (Å²) in [6.45, 7) is 13.4. The van der Waals surface area contributed by atoms with Crippen molar-refractivity contribution in [1.82, 2.24) is 4.98 Å². The number of aromatic nitrogens is 1. The van der Waals surface area contributed by atoms with Gasteiger partial charge in [0.15, 0.2) is 5.78 Å². The molecule has 4 bridgehead atoms. The van der Waals surface area contributed by atoms with Gasteiger partial charge in [-0.25, -0.2) is 0 Å². The summed E-state index contributed by atoms with van der Waals surface area (Å²) in [5.41, 5.74) is 11.0. The van der Waals surface area contributed by atoms with Crippen LogP contribution < -0.4 is 0 Å². The molecule has 4 aliphatic rings. The number of carbonyl (C=O) groups excluding carboxylic acids is 1. The van der Waals surface area contributed by atoms with Crippen LogP contribution in [0, 0.1) is 23.8 Å². The smallest absolute Gasteiger partial charge is 0.164 e. The Morgan fingerprint density at radius 1 is 0.787 bits per heavy atom. The maximum Gasteiger partial charge on any atom is 0.164 e. The van der Waals surface area contributed by atoms with Crippen molar-refractivity contribution >= 4 is 16.6 Å². The number of aryl methyl sites for hydroxylation is 5. The molecule has 1 aromatic heterocycles. The molecule has 1 heterocycles. The Morgan fingerprint density at radius 3 is 2.09 bits per heavy atom. The van der Waals surface area contributed by atoms with Gasteiger partial charge in [0.2, 0.25) is 0 Å². The Bertz CT molecular complexity index is 1880. The van der Waals surface area contributed by atoms with Gasteiger partial charge in [0.1, 0.15) is 5.76 Å². The van der Waals surface area contributed by atoms with Gasteiger partial charge >= 0.3 is 0 Å². The molecule has 0 saturated carbocycles. The summed E-state index contributed by atoms with van der Waals surface area (Å²) in [5, 5.41) is 11.9. The van der Waals surface area contributed by atoms with E-state index < -0.39 is 5.41 Å². The van der Waals surface area contributed by atoms with Crippen molar-refractivity contribution in [3.8, 4) is 22.4 Å². The second-order valence-electron chi connectivity index (χ2n) is 14.5. The van der Waals surface area contributed by atoms with Crippen LogP contribution in [0.2, 0.25) is 0 Å². The average Bonchev–Trinajstić information content (AvgIpc) is 3.02. The first-order valence-electron chi connectivity index (χ1n) is 16.3. The van der Waals surface area contributed by atoms with Crippen LogP contribution in [0.3, 0.4) is 0 Å². The number of benzene rings is 4. The summed E-state index contributed by atoms with van der Waals surface area (Å²) in [6, 6.07) is 34.7. The topological polar surface area (TPSA) is 50.2 Å². The van der Waals surface area contributed by atoms with E-state index in [9.17, 15) is 9.90 Å². The van der Waals surface area contributed by atoms with Crippen LogP contribution in [0.15, 0.2) is 103 Å². The normalized spacial score (nSPS) is 13.2. The van der Waals surface area contributed by atoms with Crippen LogP contribution >= 0.6 is 0 Å². The molecule has 9 rings (SSSR count). The third-order valence-corrected chi connectivity index (χ3v) is 8.78. The maximum atomic E-state index is 11.5. The molecule has 0 atom stereocenters. The van der Waals surface area contributed by atoms with Crippen molar-refractivity contribution in [2.24, 2.45) is 10.8 Å². The minimum Gasteiger partial charge on any atom is -0.512 e. The van der Waals surface area contributed by atoms with Gasteiger partial charge in [0, 0.05) is 43.2 Å². The van der Waals surface area contributed by atoms with Gasteiger partial charge in [-0.3, -0.25) is 4.79 Å². The van der Waals surface area contributed by atoms with Gasteiger partial charge in [0.25, 0.3) is 0 Å². The number of hydrogen-bond donors (Lipinski definition) is 1. The molecule has 0 fully saturated rings. The van der Waals surface area contributed by atoms with Crippen molar-refractivity contribution < 1.29 is 30.0 Å². The fraction of sp³-hybridized carbons (Fsp3) is 0.302. The second kappa shape index (κ2) is 14.9. The second-order valence-corrected chi connectivity index (χ2v) is 14.5. The summed E-state index contributed by atoms with van der Waals surface area (Å²) in [5.74, 6) is 0.104. The number of aliphatic hydroxyl groups excluding tert-OH is 1. The van der Waals surface area contributed by atoms with Crippen molar-refractivity contribution in [2.45, 2.75) is 74.1 Å². The van der Waals surface area contributed by atoms with Crippen LogP contribution in [0.5, 0.6) is 0 Å². The van der Waals surface area contributed by atoms with Crippen LogP contribution in [-0.4, -0.2) is 15.9 Å². The molecule has 3 nitrogen and oxygen atoms in total. The molecule has 0 saturated heterocycles. The van der Waals surface area contributed by atoms with E-state index >= 15 is 0 Å². The molecule has 47 heavy (non-hydrogen) atoms. The molecular weight excluding hydrogens is 755 g/mol. The summed E-state index contributed by atoms with van der Waals surface area (Å²) in [7, 11) is 0. The molecule has 4 aromatic carbocycles. The van der Waals surface area contributed by atoms with Crippen LogP contribution in [0.1, 0.15) is 69.4 Å². The molecular formula is C43H46IrNO2-. The number of nitrogens with zero attached hydrogens (tertiary/aromatic N) is 1. The molecule has 1 N–H and O–H groups in total. The standard InChI is InChI=1S/C32H26N.C11H20O2.Ir/c1-22-20-23-6-10-25(22)11-7-24-9-13-27(12-8-23)31(21-24)28-14-16-29(17-15-28)32-30-5-3-2-4-26(30)18-19-33-32;1-10(2,3)8(12)7-9(13)11(4,5)6;/h2-6,9-10,13-16,18-21H,7-8,11-12H2,1H3;7,12H,1-6H3;/q-1;;/b;8-7-;. The Morgan fingerprint density at radius 2 is 1.45 bits per heavy atom. The number of aliphatic hydroxyl groups is 1. The predicted octanol–water partition coefficient (Wildman–Crippen LogP) is 10.6. The van der Waals surface area contributed by atoms with Crippen LogP contribution in [-0.2, 0) is 50.6 Å². The summed E-state index contributed by atoms with van der Waals surface area (Å²) < 4.78 is 0. The van der Waals surface area contributed by atoms with E-state index in [-0.39, 0.29) is 37.1 Å². The minimum absolute atomic E-state index is 0. The van der Waals surface area contributed by atoms with E-state index in [0.717, 1.165) is 36.9 Å². The van der Waals surface area contributed by atoms with E-state index in [1.807, 2.05) is 47.7 Å². The number of ketones is 1. The number of fused-ring (bicyclic) bond motifs is 1. The van der Waals surface area contributed by atoms with Crippen molar-refractivity contribution in [1.29, 1.82) is 0 Å². The van der Waals surface area contributed by atoms with Crippen molar-refractivity contribution in [3.63, 3.8) is 0 Å². The number of hydrogen-bond acceptors (Lipinski definition) is 3. The Kier molecular flexibility index (Phi) is 11.4. The first-order valence-corrected chi connectivity index (χ1v) is 16.3. The Balaban J connectivity index is 0.000000307. The Labute approximate surface area is 294 Å². The van der Waals surface area contributed by atoms with E-state index in [1.165, 1.54) is 55.8 Å². The van der Waals surface area contributed by atoms with Gasteiger partial charge in [0.05, 0.1) is 0 Å². The Hall–Kier alpha value is -3.85. The first kappa shape index (κ1) is 36.0. The number of pyridine rings is 1. The zero-order valence-corrected chi connectivity index (χ0v) is 31.1. The summed E-state index contributed by atoms with van der Waals surface area (Å²) in [4.78, 5) is 16.2. The molecule has 0 amide bonds. The zero-order valence-electron chi connectivity index (χ0n) is 28.7. The summed E-state index contributed by atoms with van der Waals surface area (Å²) in [6.07, 6.45) is 7.48. The number of allylic oxidation sites excluding steroid dienone is 2. The van der Waals surface area contributed by atoms with Crippen LogP contribution in [0.4, 0.5) is 0 Å². The van der Waals surface area contributed by atoms with E-state index in [0.29, 0.717) is 0 Å². The molecule has 0 spiro atoms. The van der Waals surface area contributed by atoms with E-state index in [1.54, 1.807) is 0 Å². The van der Waals surface area contributed by atoms with E-state index in [2.05, 4.69) is 103 Å². The van der Waals surface area contributed by atoms with Gasteiger partial charge in [-0.1, -0.05) is 113 Å². The average molecular weight is 801 g/mol. The molecule has 1 radical (unpaired) electrons. The predicted molar refractivity (Wildman–Crippen MR) is 192 cm³/mol. The SMILES string of the molecule is CC(C)(C)C(=O)/C=C(\O)C(C)(C)C.Cc1cc2ccc1CCc1ccc(c(-c3c[c-]c(-c4nccc5ccccc45)cc3)c1)CC2.[Ir]. The minimum atomic E-state index is -0.417. The molecule has 0 aliphatic heterocycles. The molecule has 5 aromatic rings. The maximum absolute atomic E-state index is 11.5. The monoisotopic (exact) mass is 801 g/mol. The molecule has 0 unspecified atom stereocenters. The molecule has 4 heteroatoms. The molecule has 245 valence electrons. The van der Waals surface area contributed by atoms with Gasteiger partial charge < -0.3 is 10.1 Å². The quantitative estimate of drug-likeness (QED) is 0.112. The van der Waals surface area contributed by atoms with Crippen molar-refractivity contribution in [2.75, 3.05) is 0 Å². The number of rotatable bonds is 3. The third-order valence-electron chi connectivity index (χ3n) is 8.78. The number of carbonyl (C=O) groups is 1. The largest absolute Gasteiger partial charge is 0.512 e. The first-order chi connectivity index (χ1) is 21.8. The van der Waals surface area contributed by atoms with Crippen molar-refractivity contribution in [3.05, 3.63) is 137 Å². The van der Waals surface area contributed by atoms with Crippen LogP contribution in [0.25, 0.3) is 33.2 Å². The fourth-order valence-corrected chi connectivity index (χ4v) is 5.65. The van der Waals surface area contributed by atoms with Gasteiger partial charge in [-0.15, -0.1) is 29.8 Å². The zero-order chi connectivity index (χ0) is 33.1. The van der Waals surface area contributed by atoms with Gasteiger partial charge in [-0.05, 0) is 83.0 Å². The molecule has 4 aliphatic carbocycles.